The van der Waals surface area contributed by atoms with E-state index in [0.717, 1.165) is 18.9 Å². The highest BCUT2D eigenvalue weighted by atomic mass is 19.4. The summed E-state index contributed by atoms with van der Waals surface area (Å²) in [4.78, 5) is 13.9. The van der Waals surface area contributed by atoms with Crippen LogP contribution in [0.5, 0.6) is 0 Å². The molecule has 3 N–H and O–H groups in total. The number of nitrogens with two attached hydrogens (primary N) is 1. The second-order valence-corrected chi connectivity index (χ2v) is 5.81. The molecule has 0 radical (unpaired) electrons. The van der Waals surface area contributed by atoms with E-state index in [-0.39, 0.29) is 23.9 Å². The van der Waals surface area contributed by atoms with Gasteiger partial charge < -0.3 is 11.1 Å². The van der Waals surface area contributed by atoms with E-state index in [1.54, 1.807) is 6.07 Å². The Morgan fingerprint density at radius 2 is 2.09 bits per heavy atom. The molecular weight excluding hydrogens is 307 g/mol. The molecule has 1 amide bonds. The molecule has 2 rings (SSSR count). The molecule has 23 heavy (non-hydrogen) atoms. The zero-order valence-electron chi connectivity index (χ0n) is 12.9. The number of carbonyl (C=O) groups excluding carboxylic acids is 1. The number of benzene rings is 1. The molecule has 1 aromatic carbocycles. The Morgan fingerprint density at radius 3 is 2.78 bits per heavy atom. The topological polar surface area (TPSA) is 58.4 Å². The van der Waals surface area contributed by atoms with Gasteiger partial charge in [-0.15, -0.1) is 0 Å². The molecule has 1 heterocycles. The molecule has 1 fully saturated rings. The minimum atomic E-state index is -4.36. The minimum Gasteiger partial charge on any atom is -0.355 e. The Hall–Kier alpha value is -1.60. The molecule has 0 aromatic heterocycles. The largest absolute Gasteiger partial charge is 0.416 e. The second-order valence-electron chi connectivity index (χ2n) is 5.81. The summed E-state index contributed by atoms with van der Waals surface area (Å²) in [6.07, 6.45) is -2.80. The van der Waals surface area contributed by atoms with Crippen molar-refractivity contribution in [2.24, 2.45) is 11.7 Å². The predicted octanol–water partition coefficient (Wildman–Crippen LogP) is 1.99. The van der Waals surface area contributed by atoms with Gasteiger partial charge in [0.1, 0.15) is 0 Å². The lowest BCUT2D eigenvalue weighted by atomic mass is 9.96. The van der Waals surface area contributed by atoms with E-state index < -0.39 is 11.7 Å². The lowest BCUT2D eigenvalue weighted by Gasteiger charge is -2.32. The summed E-state index contributed by atoms with van der Waals surface area (Å²) >= 11 is 0. The first-order chi connectivity index (χ1) is 10.9. The van der Waals surface area contributed by atoms with Crippen molar-refractivity contribution in [1.29, 1.82) is 0 Å². The van der Waals surface area contributed by atoms with Crippen LogP contribution in [0.25, 0.3) is 0 Å². The number of hydrogen-bond donors (Lipinski definition) is 2. The highest BCUT2D eigenvalue weighted by Gasteiger charge is 2.34. The summed E-state index contributed by atoms with van der Waals surface area (Å²) in [5, 5.41) is 2.75. The fourth-order valence-electron chi connectivity index (χ4n) is 2.93. The van der Waals surface area contributed by atoms with Crippen LogP contribution in [0.4, 0.5) is 13.2 Å². The molecule has 1 aromatic rings. The van der Waals surface area contributed by atoms with Gasteiger partial charge in [0.2, 0.25) is 5.91 Å². The summed E-state index contributed by atoms with van der Waals surface area (Å²) < 4.78 is 39.2. The van der Waals surface area contributed by atoms with Crippen LogP contribution < -0.4 is 11.1 Å². The highest BCUT2D eigenvalue weighted by molar-refractivity contribution is 5.78. The fourth-order valence-corrected chi connectivity index (χ4v) is 2.93. The van der Waals surface area contributed by atoms with E-state index in [1.165, 1.54) is 12.1 Å². The van der Waals surface area contributed by atoms with Gasteiger partial charge in [0.05, 0.1) is 11.5 Å². The van der Waals surface area contributed by atoms with Crippen molar-refractivity contribution in [3.63, 3.8) is 0 Å². The number of alkyl halides is 3. The molecule has 0 bridgehead atoms. The molecule has 0 aliphatic carbocycles. The molecule has 1 atom stereocenters. The minimum absolute atomic E-state index is 0.0655. The molecule has 128 valence electrons. The van der Waals surface area contributed by atoms with E-state index in [1.807, 2.05) is 4.90 Å². The Balaban J connectivity index is 2.02. The first-order valence-electron chi connectivity index (χ1n) is 7.77. The van der Waals surface area contributed by atoms with Crippen molar-refractivity contribution in [3.8, 4) is 0 Å². The van der Waals surface area contributed by atoms with Gasteiger partial charge in [0.25, 0.3) is 0 Å². The van der Waals surface area contributed by atoms with Crippen LogP contribution in [0.2, 0.25) is 0 Å². The highest BCUT2D eigenvalue weighted by Crippen LogP contribution is 2.32. The Bertz CT molecular complexity index is 534. The molecule has 7 heteroatoms. The van der Waals surface area contributed by atoms with Gasteiger partial charge in [0, 0.05) is 26.2 Å². The quantitative estimate of drug-likeness (QED) is 0.869. The predicted molar refractivity (Wildman–Crippen MR) is 81.5 cm³/mol. The summed E-state index contributed by atoms with van der Waals surface area (Å²) in [6.45, 7) is 2.18. The molecule has 0 spiro atoms. The van der Waals surface area contributed by atoms with Crippen LogP contribution in [0, 0.1) is 5.92 Å². The van der Waals surface area contributed by atoms with Crippen molar-refractivity contribution in [2.75, 3.05) is 26.2 Å². The number of hydrogen-bond acceptors (Lipinski definition) is 3. The van der Waals surface area contributed by atoms with Crippen molar-refractivity contribution < 1.29 is 18.0 Å². The third-order valence-electron chi connectivity index (χ3n) is 4.04. The van der Waals surface area contributed by atoms with Gasteiger partial charge in [-0.1, -0.05) is 18.2 Å². The fraction of sp³-hybridized carbons (Fsp3) is 0.562. The van der Waals surface area contributed by atoms with Gasteiger partial charge in [-0.25, -0.2) is 0 Å². The van der Waals surface area contributed by atoms with Crippen molar-refractivity contribution in [2.45, 2.75) is 25.6 Å². The van der Waals surface area contributed by atoms with E-state index in [2.05, 4.69) is 5.32 Å². The van der Waals surface area contributed by atoms with Crippen LogP contribution in [0.1, 0.15) is 24.0 Å². The van der Waals surface area contributed by atoms with Crippen LogP contribution in [0.15, 0.2) is 24.3 Å². The first-order valence-corrected chi connectivity index (χ1v) is 7.77. The van der Waals surface area contributed by atoms with Crippen LogP contribution in [-0.2, 0) is 17.5 Å². The summed E-state index contributed by atoms with van der Waals surface area (Å²) in [7, 11) is 0. The number of carbonyl (C=O) groups is 1. The number of likely N-dealkylation sites (tertiary alicyclic amines) is 1. The molecule has 1 unspecified atom stereocenters. The Kier molecular flexibility index (Phi) is 6.01. The maximum Gasteiger partial charge on any atom is 0.416 e. The summed E-state index contributed by atoms with van der Waals surface area (Å²) in [6, 6.07) is 5.61. The van der Waals surface area contributed by atoms with E-state index in [0.29, 0.717) is 26.2 Å². The lowest BCUT2D eigenvalue weighted by Crippen LogP contribution is -2.43. The number of amides is 1. The second kappa shape index (κ2) is 7.79. The van der Waals surface area contributed by atoms with Gasteiger partial charge in [-0.05, 0) is 31.0 Å². The standard InChI is InChI=1S/C16H22F3N3O/c17-16(18,19)14-6-2-1-4-12(14)10-22-9-3-5-13(11-22)15(23)21-8-7-20/h1-2,4,6,13H,3,5,7-11,20H2,(H,21,23). The molecule has 1 aliphatic heterocycles. The van der Waals surface area contributed by atoms with E-state index >= 15 is 0 Å². The normalized spacial score (nSPS) is 19.6. The van der Waals surface area contributed by atoms with Crippen molar-refractivity contribution in [1.82, 2.24) is 10.2 Å². The number of nitrogens with zero attached hydrogens (tertiary/aromatic N) is 1. The lowest BCUT2D eigenvalue weighted by molar-refractivity contribution is -0.138. The molecule has 0 saturated carbocycles. The molecule has 1 aliphatic rings. The van der Waals surface area contributed by atoms with Crippen LogP contribution in [0.3, 0.4) is 0 Å². The molecular formula is C16H22F3N3O. The van der Waals surface area contributed by atoms with Crippen molar-refractivity contribution in [3.05, 3.63) is 35.4 Å². The van der Waals surface area contributed by atoms with Crippen LogP contribution in [-0.4, -0.2) is 37.0 Å². The Labute approximate surface area is 133 Å². The monoisotopic (exact) mass is 329 g/mol. The number of nitrogens with one attached hydrogen (secondary N) is 1. The summed E-state index contributed by atoms with van der Waals surface area (Å²) in [5.41, 5.74) is 5.01. The van der Waals surface area contributed by atoms with E-state index in [9.17, 15) is 18.0 Å². The molecule has 4 nitrogen and oxygen atoms in total. The number of rotatable bonds is 5. The SMILES string of the molecule is NCCNC(=O)C1CCCN(Cc2ccccc2C(F)(F)F)C1. The van der Waals surface area contributed by atoms with Crippen molar-refractivity contribution >= 4 is 5.91 Å². The first kappa shape index (κ1) is 17.7. The van der Waals surface area contributed by atoms with Crippen LogP contribution >= 0.6 is 0 Å². The van der Waals surface area contributed by atoms with Gasteiger partial charge >= 0.3 is 6.18 Å². The molecule has 1 saturated heterocycles. The average molecular weight is 329 g/mol. The average Bonchev–Trinajstić information content (AvgIpc) is 2.52. The van der Waals surface area contributed by atoms with E-state index in [4.69, 9.17) is 5.73 Å². The number of piperidine rings is 1. The third kappa shape index (κ3) is 4.94. The van der Waals surface area contributed by atoms with Gasteiger partial charge in [-0.2, -0.15) is 13.2 Å². The number of halogens is 3. The maximum atomic E-state index is 13.1. The smallest absolute Gasteiger partial charge is 0.355 e. The van der Waals surface area contributed by atoms with Gasteiger partial charge in [0.15, 0.2) is 0 Å². The maximum absolute atomic E-state index is 13.1. The third-order valence-corrected chi connectivity index (χ3v) is 4.04. The zero-order valence-corrected chi connectivity index (χ0v) is 12.9. The Morgan fingerprint density at radius 1 is 1.35 bits per heavy atom. The van der Waals surface area contributed by atoms with Gasteiger partial charge in [-0.3, -0.25) is 9.69 Å². The zero-order chi connectivity index (χ0) is 16.9. The summed E-state index contributed by atoms with van der Waals surface area (Å²) in [5.74, 6) is -0.252.